The second-order valence-electron chi connectivity index (χ2n) is 3.61. The van der Waals surface area contributed by atoms with Crippen LogP contribution in [0.25, 0.3) is 0 Å². The van der Waals surface area contributed by atoms with Crippen molar-refractivity contribution in [1.82, 2.24) is 0 Å². The molecule has 1 aromatic carbocycles. The molecule has 0 fully saturated rings. The smallest absolute Gasteiger partial charge is 0.107 e. The van der Waals surface area contributed by atoms with Crippen molar-refractivity contribution >= 4 is 66.1 Å². The predicted molar refractivity (Wildman–Crippen MR) is 89.4 cm³/mol. The highest BCUT2D eigenvalue weighted by Crippen LogP contribution is 2.26. The minimum atomic E-state index is 0.386. The van der Waals surface area contributed by atoms with Crippen molar-refractivity contribution in [2.24, 2.45) is 5.73 Å². The van der Waals surface area contributed by atoms with Crippen LogP contribution in [0.5, 0.6) is 0 Å². The molecule has 0 amide bonds. The number of hydrogen-bond donors (Lipinski definition) is 2. The van der Waals surface area contributed by atoms with Gasteiger partial charge in [0, 0.05) is 37.0 Å². The van der Waals surface area contributed by atoms with Crippen molar-refractivity contribution in [3.63, 3.8) is 0 Å². The van der Waals surface area contributed by atoms with Crippen LogP contribution in [0.1, 0.15) is 10.4 Å². The van der Waals surface area contributed by atoms with E-state index >= 15 is 0 Å². The average molecular weight is 406 g/mol. The fraction of sp³-hybridized carbons (Fsp3) is 0.0833. The van der Waals surface area contributed by atoms with Gasteiger partial charge >= 0.3 is 0 Å². The highest BCUT2D eigenvalue weighted by Gasteiger charge is 2.09. The SMILES string of the molecule is NC(=S)c1c(Br)cccc1NCc1cc(Br)cs1. The zero-order valence-corrected chi connectivity index (χ0v) is 14.0. The van der Waals surface area contributed by atoms with Crippen molar-refractivity contribution in [3.05, 3.63) is 49.0 Å². The van der Waals surface area contributed by atoms with Gasteiger partial charge in [0.25, 0.3) is 0 Å². The quantitative estimate of drug-likeness (QED) is 0.734. The lowest BCUT2D eigenvalue weighted by atomic mass is 10.2. The number of benzene rings is 1. The summed E-state index contributed by atoms with van der Waals surface area (Å²) in [6.45, 7) is 0.752. The maximum atomic E-state index is 5.75. The molecule has 0 aliphatic heterocycles. The Hall–Kier alpha value is -0.430. The highest BCUT2D eigenvalue weighted by atomic mass is 79.9. The van der Waals surface area contributed by atoms with Crippen molar-refractivity contribution in [2.75, 3.05) is 5.32 Å². The standard InChI is InChI=1S/C12H10Br2N2S2/c13-7-4-8(18-6-7)5-16-10-3-1-2-9(14)11(10)12(15)17/h1-4,6,16H,5H2,(H2,15,17). The highest BCUT2D eigenvalue weighted by molar-refractivity contribution is 9.10. The molecule has 2 aromatic rings. The second kappa shape index (κ2) is 6.14. The van der Waals surface area contributed by atoms with Gasteiger partial charge in [-0.25, -0.2) is 0 Å². The van der Waals surface area contributed by atoms with Gasteiger partial charge in [0.15, 0.2) is 0 Å². The van der Waals surface area contributed by atoms with E-state index in [2.05, 4.69) is 48.6 Å². The van der Waals surface area contributed by atoms with Crippen LogP contribution < -0.4 is 11.1 Å². The van der Waals surface area contributed by atoms with Gasteiger partial charge in [-0.3, -0.25) is 0 Å². The number of nitrogens with two attached hydrogens (primary N) is 1. The number of hydrogen-bond acceptors (Lipinski definition) is 3. The van der Waals surface area contributed by atoms with E-state index in [4.69, 9.17) is 18.0 Å². The molecule has 0 radical (unpaired) electrons. The number of rotatable bonds is 4. The lowest BCUT2D eigenvalue weighted by molar-refractivity contribution is 1.19. The molecule has 1 heterocycles. The third-order valence-electron chi connectivity index (χ3n) is 2.33. The largest absolute Gasteiger partial charge is 0.389 e. The maximum absolute atomic E-state index is 5.75. The van der Waals surface area contributed by atoms with E-state index in [1.165, 1.54) is 4.88 Å². The summed E-state index contributed by atoms with van der Waals surface area (Å²) < 4.78 is 2.01. The van der Waals surface area contributed by atoms with Gasteiger partial charge in [-0.2, -0.15) is 0 Å². The van der Waals surface area contributed by atoms with Crippen LogP contribution in [0, 0.1) is 0 Å². The molecule has 2 nitrogen and oxygen atoms in total. The lowest BCUT2D eigenvalue weighted by Crippen LogP contribution is -2.13. The molecular weight excluding hydrogens is 396 g/mol. The molecule has 2 rings (SSSR count). The van der Waals surface area contributed by atoms with Crippen molar-refractivity contribution in [2.45, 2.75) is 6.54 Å². The van der Waals surface area contributed by atoms with Gasteiger partial charge in [-0.15, -0.1) is 11.3 Å². The van der Waals surface area contributed by atoms with E-state index in [1.807, 2.05) is 18.2 Å². The van der Waals surface area contributed by atoms with E-state index in [1.54, 1.807) is 11.3 Å². The van der Waals surface area contributed by atoms with Gasteiger partial charge in [0.05, 0.1) is 0 Å². The second-order valence-corrected chi connectivity index (χ2v) is 6.82. The Kier molecular flexibility index (Phi) is 4.77. The Morgan fingerprint density at radius 2 is 2.17 bits per heavy atom. The van der Waals surface area contributed by atoms with Crippen LogP contribution in [0.4, 0.5) is 5.69 Å². The molecule has 0 bridgehead atoms. The topological polar surface area (TPSA) is 38.0 Å². The summed E-state index contributed by atoms with van der Waals surface area (Å²) in [5, 5.41) is 5.42. The molecule has 6 heteroatoms. The molecule has 18 heavy (non-hydrogen) atoms. The minimum Gasteiger partial charge on any atom is -0.389 e. The van der Waals surface area contributed by atoms with E-state index in [-0.39, 0.29) is 0 Å². The summed E-state index contributed by atoms with van der Waals surface area (Å²) in [5.74, 6) is 0. The molecule has 0 aliphatic carbocycles. The molecule has 94 valence electrons. The van der Waals surface area contributed by atoms with Crippen molar-refractivity contribution in [1.29, 1.82) is 0 Å². The summed E-state index contributed by atoms with van der Waals surface area (Å²) in [6.07, 6.45) is 0. The zero-order chi connectivity index (χ0) is 13.1. The summed E-state index contributed by atoms with van der Waals surface area (Å²) in [4.78, 5) is 1.63. The van der Waals surface area contributed by atoms with Crippen LogP contribution in [0.2, 0.25) is 0 Å². The first-order valence-electron chi connectivity index (χ1n) is 5.13. The summed E-state index contributed by atoms with van der Waals surface area (Å²) >= 11 is 13.7. The molecule has 0 spiro atoms. The van der Waals surface area contributed by atoms with Crippen molar-refractivity contribution in [3.8, 4) is 0 Å². The zero-order valence-electron chi connectivity index (χ0n) is 9.24. The van der Waals surface area contributed by atoms with Crippen LogP contribution in [-0.4, -0.2) is 4.99 Å². The van der Waals surface area contributed by atoms with Gasteiger partial charge in [-0.05, 0) is 50.1 Å². The number of anilines is 1. The summed E-state index contributed by atoms with van der Waals surface area (Å²) in [7, 11) is 0. The van der Waals surface area contributed by atoms with Crippen LogP contribution in [0.3, 0.4) is 0 Å². The molecule has 1 aromatic heterocycles. The van der Waals surface area contributed by atoms with E-state index in [9.17, 15) is 0 Å². The average Bonchev–Trinajstić information content (AvgIpc) is 2.72. The minimum absolute atomic E-state index is 0.386. The van der Waals surface area contributed by atoms with Gasteiger partial charge < -0.3 is 11.1 Å². The van der Waals surface area contributed by atoms with E-state index < -0.39 is 0 Å². The molecule has 0 saturated heterocycles. The normalized spacial score (nSPS) is 10.3. The third kappa shape index (κ3) is 3.32. The summed E-state index contributed by atoms with van der Waals surface area (Å²) in [5.41, 5.74) is 7.54. The van der Waals surface area contributed by atoms with Gasteiger partial charge in [0.1, 0.15) is 4.99 Å². The van der Waals surface area contributed by atoms with E-state index in [0.717, 1.165) is 26.7 Å². The molecule has 0 unspecified atom stereocenters. The fourth-order valence-electron chi connectivity index (χ4n) is 1.55. The molecule has 0 saturated carbocycles. The maximum Gasteiger partial charge on any atom is 0.107 e. The number of halogens is 2. The van der Waals surface area contributed by atoms with Gasteiger partial charge in [-0.1, -0.05) is 18.3 Å². The Morgan fingerprint density at radius 1 is 1.39 bits per heavy atom. The number of thiophene rings is 1. The number of thiocarbonyl (C=S) groups is 1. The van der Waals surface area contributed by atoms with Crippen molar-refractivity contribution < 1.29 is 0 Å². The van der Waals surface area contributed by atoms with Crippen LogP contribution in [0.15, 0.2) is 38.6 Å². The van der Waals surface area contributed by atoms with Crippen LogP contribution >= 0.6 is 55.4 Å². The Morgan fingerprint density at radius 3 is 2.78 bits per heavy atom. The molecule has 0 aliphatic rings. The third-order valence-corrected chi connectivity index (χ3v) is 4.90. The fourth-order valence-corrected chi connectivity index (χ4v) is 3.87. The monoisotopic (exact) mass is 404 g/mol. The summed E-state index contributed by atoms with van der Waals surface area (Å²) in [6, 6.07) is 7.96. The first-order chi connectivity index (χ1) is 8.58. The molecule has 3 N–H and O–H groups in total. The Labute approximate surface area is 132 Å². The number of nitrogens with one attached hydrogen (secondary N) is 1. The molecular formula is C12H10Br2N2S2. The van der Waals surface area contributed by atoms with Crippen LogP contribution in [-0.2, 0) is 6.54 Å². The molecule has 0 atom stereocenters. The first kappa shape index (κ1) is 14.0. The Bertz CT molecular complexity index is 581. The predicted octanol–water partition coefficient (Wildman–Crippen LogP) is 4.52. The first-order valence-corrected chi connectivity index (χ1v) is 8.00. The lowest BCUT2D eigenvalue weighted by Gasteiger charge is -2.12. The van der Waals surface area contributed by atoms with Gasteiger partial charge in [0.2, 0.25) is 0 Å². The van der Waals surface area contributed by atoms with E-state index in [0.29, 0.717) is 4.99 Å². The Balaban J connectivity index is 2.19.